The molecule has 3 amide bonds. The number of nitrogens with zero attached hydrogens (tertiary/aromatic N) is 3. The van der Waals surface area contributed by atoms with Crippen molar-refractivity contribution < 1.29 is 14.3 Å². The number of amides is 3. The van der Waals surface area contributed by atoms with Gasteiger partial charge in [-0.25, -0.2) is 4.79 Å². The van der Waals surface area contributed by atoms with E-state index in [0.29, 0.717) is 31.1 Å². The predicted octanol–water partition coefficient (Wildman–Crippen LogP) is 6.68. The Kier molecular flexibility index (Phi) is 9.79. The molecule has 1 unspecified atom stereocenters. The SMILES string of the molecule is NCC1CCCN(C(=O)N(C(=O)C2c3ccccc3Oc3ccccc32)C2CCN(C/C3=C/CCCCCCC3)CC2)C1. The summed E-state index contributed by atoms with van der Waals surface area (Å²) in [6.45, 7) is 4.66. The van der Waals surface area contributed by atoms with Crippen molar-refractivity contribution in [3.63, 3.8) is 0 Å². The normalized spacial score (nSPS) is 23.4. The lowest BCUT2D eigenvalue weighted by molar-refractivity contribution is -0.132. The molecule has 3 heterocycles. The summed E-state index contributed by atoms with van der Waals surface area (Å²) >= 11 is 0. The molecule has 2 aromatic rings. The van der Waals surface area contributed by atoms with Crippen molar-refractivity contribution >= 4 is 11.9 Å². The molecule has 2 fully saturated rings. The van der Waals surface area contributed by atoms with Gasteiger partial charge in [0.15, 0.2) is 0 Å². The average Bonchev–Trinajstić information content (AvgIpc) is 3.18. The highest BCUT2D eigenvalue weighted by molar-refractivity contribution is 6.01. The average molecular weight is 585 g/mol. The number of carbonyl (C=O) groups is 2. The van der Waals surface area contributed by atoms with Gasteiger partial charge in [0.25, 0.3) is 0 Å². The molecule has 1 atom stereocenters. The molecule has 1 aliphatic carbocycles. The van der Waals surface area contributed by atoms with E-state index in [1.54, 1.807) is 10.5 Å². The van der Waals surface area contributed by atoms with Gasteiger partial charge in [-0.05, 0) is 76.0 Å². The van der Waals surface area contributed by atoms with Crippen LogP contribution >= 0.6 is 0 Å². The Morgan fingerprint density at radius 2 is 1.51 bits per heavy atom. The van der Waals surface area contributed by atoms with Gasteiger partial charge in [-0.1, -0.05) is 67.3 Å². The maximum atomic E-state index is 14.8. The van der Waals surface area contributed by atoms with Crippen molar-refractivity contribution in [2.24, 2.45) is 11.7 Å². The highest BCUT2D eigenvalue weighted by Crippen LogP contribution is 2.45. The maximum absolute atomic E-state index is 14.8. The van der Waals surface area contributed by atoms with Crippen LogP contribution in [0.4, 0.5) is 4.79 Å². The smallest absolute Gasteiger partial charge is 0.326 e. The van der Waals surface area contributed by atoms with E-state index in [9.17, 15) is 9.59 Å². The summed E-state index contributed by atoms with van der Waals surface area (Å²) < 4.78 is 6.21. The number of allylic oxidation sites excluding steroid dienone is 1. The van der Waals surface area contributed by atoms with Crippen LogP contribution in [0.5, 0.6) is 11.5 Å². The molecular weight excluding hydrogens is 536 g/mol. The molecule has 4 aliphatic rings. The Balaban J connectivity index is 1.25. The highest BCUT2D eigenvalue weighted by atomic mass is 16.5. The molecule has 2 aromatic carbocycles. The predicted molar refractivity (Wildman–Crippen MR) is 170 cm³/mol. The van der Waals surface area contributed by atoms with Crippen LogP contribution in [0.3, 0.4) is 0 Å². The number of urea groups is 1. The summed E-state index contributed by atoms with van der Waals surface area (Å²) in [5, 5.41) is 0. The van der Waals surface area contributed by atoms with Crippen LogP contribution < -0.4 is 10.5 Å². The van der Waals surface area contributed by atoms with Gasteiger partial charge in [0, 0.05) is 49.9 Å². The van der Waals surface area contributed by atoms with E-state index < -0.39 is 5.92 Å². The van der Waals surface area contributed by atoms with Crippen molar-refractivity contribution in [2.45, 2.75) is 82.6 Å². The standard InChI is InChI=1S/C36H48N4O3/c37-24-28-14-11-21-39(26-28)36(42)40(29-19-22-38(23-20-29)25-27-12-5-3-1-2-4-6-13-27)35(41)34-30-15-7-9-17-32(30)43-33-18-10-8-16-31(33)34/h7-10,12,15-18,28-29,34H,1-6,11,13-14,19-26,37H2/b27-12+. The topological polar surface area (TPSA) is 79.1 Å². The molecule has 0 spiro atoms. The summed E-state index contributed by atoms with van der Waals surface area (Å²) in [7, 11) is 0. The number of para-hydroxylation sites is 2. The third-order valence-electron chi connectivity index (χ3n) is 9.98. The molecule has 0 saturated carbocycles. The van der Waals surface area contributed by atoms with E-state index in [0.717, 1.165) is 56.4 Å². The third-order valence-corrected chi connectivity index (χ3v) is 9.98. The van der Waals surface area contributed by atoms with E-state index in [4.69, 9.17) is 10.5 Å². The summed E-state index contributed by atoms with van der Waals surface area (Å²) in [5.74, 6) is 0.933. The molecule has 6 rings (SSSR count). The third kappa shape index (κ3) is 6.83. The second-order valence-corrected chi connectivity index (χ2v) is 13.0. The number of likely N-dealkylation sites (tertiary alicyclic amines) is 2. The quantitative estimate of drug-likeness (QED) is 0.397. The number of hydrogen-bond donors (Lipinski definition) is 1. The Morgan fingerprint density at radius 3 is 2.23 bits per heavy atom. The summed E-state index contributed by atoms with van der Waals surface area (Å²) in [4.78, 5) is 35.3. The molecule has 3 aliphatic heterocycles. The summed E-state index contributed by atoms with van der Waals surface area (Å²) in [6, 6.07) is 15.2. The first-order valence-electron chi connectivity index (χ1n) is 16.7. The molecular formula is C36H48N4O3. The minimum Gasteiger partial charge on any atom is -0.457 e. The van der Waals surface area contributed by atoms with Crippen molar-refractivity contribution in [3.05, 3.63) is 71.3 Å². The fourth-order valence-corrected chi connectivity index (χ4v) is 7.53. The van der Waals surface area contributed by atoms with Gasteiger partial charge in [-0.2, -0.15) is 0 Å². The van der Waals surface area contributed by atoms with Crippen LogP contribution in [0.2, 0.25) is 0 Å². The van der Waals surface area contributed by atoms with Gasteiger partial charge >= 0.3 is 6.03 Å². The number of rotatable bonds is 5. The first kappa shape index (κ1) is 29.9. The second-order valence-electron chi connectivity index (χ2n) is 13.0. The Morgan fingerprint density at radius 1 is 0.837 bits per heavy atom. The molecule has 7 heteroatoms. The van der Waals surface area contributed by atoms with E-state index in [-0.39, 0.29) is 23.9 Å². The van der Waals surface area contributed by atoms with Gasteiger partial charge in [-0.15, -0.1) is 0 Å². The maximum Gasteiger partial charge on any atom is 0.326 e. The van der Waals surface area contributed by atoms with Crippen LogP contribution in [-0.2, 0) is 4.79 Å². The minimum absolute atomic E-state index is 0.133. The van der Waals surface area contributed by atoms with Gasteiger partial charge in [0.1, 0.15) is 11.5 Å². The summed E-state index contributed by atoms with van der Waals surface area (Å²) in [5.41, 5.74) is 9.27. The van der Waals surface area contributed by atoms with Crippen LogP contribution in [-0.4, -0.2) is 71.9 Å². The van der Waals surface area contributed by atoms with E-state index in [2.05, 4.69) is 11.0 Å². The summed E-state index contributed by atoms with van der Waals surface area (Å²) in [6.07, 6.45) is 15.0. The van der Waals surface area contributed by atoms with Crippen molar-refractivity contribution in [1.29, 1.82) is 0 Å². The first-order valence-corrected chi connectivity index (χ1v) is 16.7. The first-order chi connectivity index (χ1) is 21.1. The highest BCUT2D eigenvalue weighted by Gasteiger charge is 2.43. The van der Waals surface area contributed by atoms with E-state index >= 15 is 0 Å². The molecule has 0 radical (unpaired) electrons. The number of benzene rings is 2. The zero-order chi connectivity index (χ0) is 29.6. The monoisotopic (exact) mass is 584 g/mol. The number of ether oxygens (including phenoxy) is 1. The van der Waals surface area contributed by atoms with Gasteiger partial charge in [-0.3, -0.25) is 14.6 Å². The van der Waals surface area contributed by atoms with E-state index in [1.807, 2.05) is 53.4 Å². The zero-order valence-corrected chi connectivity index (χ0v) is 25.6. The number of carbonyl (C=O) groups excluding carboxylic acids is 2. The molecule has 0 bridgehead atoms. The second kappa shape index (κ2) is 14.1. The number of imide groups is 1. The van der Waals surface area contributed by atoms with Crippen LogP contribution in [0.25, 0.3) is 0 Å². The van der Waals surface area contributed by atoms with Gasteiger partial charge in [0.2, 0.25) is 5.91 Å². The van der Waals surface area contributed by atoms with Gasteiger partial charge in [0.05, 0.1) is 5.92 Å². The molecule has 7 nitrogen and oxygen atoms in total. The molecule has 0 aromatic heterocycles. The fourth-order valence-electron chi connectivity index (χ4n) is 7.53. The molecule has 230 valence electrons. The molecule has 2 saturated heterocycles. The fraction of sp³-hybridized carbons (Fsp3) is 0.556. The number of nitrogens with two attached hydrogens (primary N) is 1. The van der Waals surface area contributed by atoms with E-state index in [1.165, 1.54) is 44.9 Å². The van der Waals surface area contributed by atoms with Crippen LogP contribution in [0.1, 0.15) is 87.7 Å². The Hall–Kier alpha value is -3.16. The zero-order valence-electron chi connectivity index (χ0n) is 25.6. The van der Waals surface area contributed by atoms with Crippen molar-refractivity contribution in [2.75, 3.05) is 39.3 Å². The van der Waals surface area contributed by atoms with Gasteiger partial charge < -0.3 is 15.4 Å². The Labute approximate surface area is 257 Å². The van der Waals surface area contributed by atoms with Crippen LogP contribution in [0, 0.1) is 5.92 Å². The number of piperidine rings is 2. The molecule has 43 heavy (non-hydrogen) atoms. The lowest BCUT2D eigenvalue weighted by Crippen LogP contribution is -2.57. The number of hydrogen-bond acceptors (Lipinski definition) is 5. The van der Waals surface area contributed by atoms with Crippen molar-refractivity contribution in [1.82, 2.24) is 14.7 Å². The van der Waals surface area contributed by atoms with Crippen LogP contribution in [0.15, 0.2) is 60.2 Å². The molecule has 2 N–H and O–H groups in total. The lowest BCUT2D eigenvalue weighted by atomic mass is 9.86. The Bertz CT molecular complexity index is 1260. The lowest BCUT2D eigenvalue weighted by Gasteiger charge is -2.43. The number of fused-ring (bicyclic) bond motifs is 2. The van der Waals surface area contributed by atoms with Crippen molar-refractivity contribution in [3.8, 4) is 11.5 Å². The largest absolute Gasteiger partial charge is 0.457 e. The minimum atomic E-state index is -0.581.